The Morgan fingerprint density at radius 2 is 1.75 bits per heavy atom. The topological polar surface area (TPSA) is 29.1 Å². The van der Waals surface area contributed by atoms with Gasteiger partial charge in [0.2, 0.25) is 5.91 Å². The average Bonchev–Trinajstić information content (AvgIpc) is 2.76. The van der Waals surface area contributed by atoms with Gasteiger partial charge in [-0.3, -0.25) is 4.79 Å². The Hall–Kier alpha value is -0.530. The van der Waals surface area contributed by atoms with E-state index < -0.39 is 0 Å². The SMILES string of the molecule is CC1CCC(NC(=O)C2CC3CC3C2)C1C. The summed E-state index contributed by atoms with van der Waals surface area (Å²) in [6.07, 6.45) is 6.22. The van der Waals surface area contributed by atoms with Gasteiger partial charge < -0.3 is 5.32 Å². The molecule has 3 aliphatic rings. The van der Waals surface area contributed by atoms with Gasteiger partial charge in [0.05, 0.1) is 0 Å². The third kappa shape index (κ3) is 1.76. The molecule has 2 heteroatoms. The Bertz CT molecular complexity index is 291. The van der Waals surface area contributed by atoms with E-state index in [1.165, 1.54) is 32.1 Å². The fraction of sp³-hybridized carbons (Fsp3) is 0.929. The molecule has 3 rings (SSSR count). The molecule has 3 aliphatic carbocycles. The highest BCUT2D eigenvalue weighted by molar-refractivity contribution is 5.79. The van der Waals surface area contributed by atoms with Gasteiger partial charge in [0.1, 0.15) is 0 Å². The molecule has 0 spiro atoms. The van der Waals surface area contributed by atoms with Crippen LogP contribution in [0.2, 0.25) is 0 Å². The summed E-state index contributed by atoms with van der Waals surface area (Å²) in [4.78, 5) is 12.1. The zero-order valence-electron chi connectivity index (χ0n) is 10.4. The van der Waals surface area contributed by atoms with Gasteiger partial charge in [-0.15, -0.1) is 0 Å². The van der Waals surface area contributed by atoms with Crippen molar-refractivity contribution in [3.05, 3.63) is 0 Å². The van der Waals surface area contributed by atoms with E-state index in [1.807, 2.05) is 0 Å². The van der Waals surface area contributed by atoms with Crippen LogP contribution in [0.5, 0.6) is 0 Å². The smallest absolute Gasteiger partial charge is 0.223 e. The van der Waals surface area contributed by atoms with E-state index in [-0.39, 0.29) is 0 Å². The van der Waals surface area contributed by atoms with Crippen molar-refractivity contribution in [2.24, 2.45) is 29.6 Å². The van der Waals surface area contributed by atoms with E-state index in [9.17, 15) is 4.79 Å². The Morgan fingerprint density at radius 1 is 1.06 bits per heavy atom. The van der Waals surface area contributed by atoms with Crippen LogP contribution < -0.4 is 5.32 Å². The molecule has 1 N–H and O–H groups in total. The molecule has 0 bridgehead atoms. The number of amides is 1. The molecule has 0 aromatic carbocycles. The predicted octanol–water partition coefficient (Wildman–Crippen LogP) is 2.58. The molecule has 0 aromatic rings. The van der Waals surface area contributed by atoms with Crippen LogP contribution in [0.15, 0.2) is 0 Å². The molecule has 1 amide bonds. The lowest BCUT2D eigenvalue weighted by molar-refractivity contribution is -0.126. The van der Waals surface area contributed by atoms with Crippen LogP contribution in [0, 0.1) is 29.6 Å². The standard InChI is InChI=1S/C14H23NO/c1-8-3-4-13(9(8)2)15-14(16)12-6-10-5-11(10)7-12/h8-13H,3-7H2,1-2H3,(H,15,16). The summed E-state index contributed by atoms with van der Waals surface area (Å²) >= 11 is 0. The molecule has 0 heterocycles. The van der Waals surface area contributed by atoms with Gasteiger partial charge in [0, 0.05) is 12.0 Å². The van der Waals surface area contributed by atoms with Crippen molar-refractivity contribution in [1.29, 1.82) is 0 Å². The number of carbonyl (C=O) groups excluding carboxylic acids is 1. The normalized spacial score (nSPS) is 50.1. The molecule has 16 heavy (non-hydrogen) atoms. The first-order valence-electron chi connectivity index (χ1n) is 6.95. The molecule has 90 valence electrons. The maximum Gasteiger partial charge on any atom is 0.223 e. The van der Waals surface area contributed by atoms with Crippen molar-refractivity contribution >= 4 is 5.91 Å². The monoisotopic (exact) mass is 221 g/mol. The van der Waals surface area contributed by atoms with Crippen molar-refractivity contribution in [1.82, 2.24) is 5.32 Å². The van der Waals surface area contributed by atoms with Crippen LogP contribution in [0.3, 0.4) is 0 Å². The number of nitrogens with one attached hydrogen (secondary N) is 1. The second-order valence-corrected chi connectivity index (χ2v) is 6.45. The third-order valence-corrected chi connectivity index (χ3v) is 5.41. The van der Waals surface area contributed by atoms with Crippen LogP contribution in [-0.2, 0) is 4.79 Å². The first kappa shape index (κ1) is 10.6. The van der Waals surface area contributed by atoms with Crippen LogP contribution >= 0.6 is 0 Å². The Morgan fingerprint density at radius 3 is 2.31 bits per heavy atom. The van der Waals surface area contributed by atoms with Gasteiger partial charge in [0.25, 0.3) is 0 Å². The second kappa shape index (κ2) is 3.75. The van der Waals surface area contributed by atoms with Crippen molar-refractivity contribution in [2.75, 3.05) is 0 Å². The maximum absolute atomic E-state index is 12.1. The number of hydrogen-bond acceptors (Lipinski definition) is 1. The van der Waals surface area contributed by atoms with Gasteiger partial charge >= 0.3 is 0 Å². The molecule has 5 unspecified atom stereocenters. The largest absolute Gasteiger partial charge is 0.353 e. The van der Waals surface area contributed by atoms with Crippen molar-refractivity contribution in [3.63, 3.8) is 0 Å². The number of fused-ring (bicyclic) bond motifs is 1. The second-order valence-electron chi connectivity index (χ2n) is 6.45. The van der Waals surface area contributed by atoms with Crippen molar-refractivity contribution < 1.29 is 4.79 Å². The van der Waals surface area contributed by atoms with Crippen molar-refractivity contribution in [3.8, 4) is 0 Å². The van der Waals surface area contributed by atoms with E-state index in [2.05, 4.69) is 19.2 Å². The Labute approximate surface area is 98.2 Å². The fourth-order valence-corrected chi connectivity index (χ4v) is 3.80. The minimum Gasteiger partial charge on any atom is -0.353 e. The first-order chi connectivity index (χ1) is 7.65. The summed E-state index contributed by atoms with van der Waals surface area (Å²) in [5, 5.41) is 3.30. The summed E-state index contributed by atoms with van der Waals surface area (Å²) in [7, 11) is 0. The van der Waals surface area contributed by atoms with E-state index in [0.717, 1.165) is 17.8 Å². The third-order valence-electron chi connectivity index (χ3n) is 5.41. The zero-order valence-corrected chi connectivity index (χ0v) is 10.4. The molecular formula is C14H23NO. The lowest BCUT2D eigenvalue weighted by Gasteiger charge is -2.22. The molecule has 0 saturated heterocycles. The minimum atomic E-state index is 0.354. The van der Waals surface area contributed by atoms with Gasteiger partial charge in [-0.05, 0) is 55.8 Å². The average molecular weight is 221 g/mol. The quantitative estimate of drug-likeness (QED) is 0.763. The Balaban J connectivity index is 1.52. The van der Waals surface area contributed by atoms with Crippen LogP contribution in [0.4, 0.5) is 0 Å². The highest BCUT2D eigenvalue weighted by Gasteiger charge is 2.48. The summed E-state index contributed by atoms with van der Waals surface area (Å²) in [6, 6.07) is 0.458. The molecule has 2 nitrogen and oxygen atoms in total. The first-order valence-corrected chi connectivity index (χ1v) is 6.95. The molecule has 0 aliphatic heterocycles. The van der Waals surface area contributed by atoms with E-state index in [1.54, 1.807) is 0 Å². The number of rotatable bonds is 2. The predicted molar refractivity (Wildman–Crippen MR) is 63.8 cm³/mol. The molecule has 5 atom stereocenters. The lowest BCUT2D eigenvalue weighted by atomic mass is 9.96. The minimum absolute atomic E-state index is 0.354. The van der Waals surface area contributed by atoms with Crippen LogP contribution in [0.25, 0.3) is 0 Å². The van der Waals surface area contributed by atoms with Crippen LogP contribution in [0.1, 0.15) is 46.0 Å². The fourth-order valence-electron chi connectivity index (χ4n) is 3.80. The number of carbonyl (C=O) groups is 1. The maximum atomic E-state index is 12.1. The van der Waals surface area contributed by atoms with Crippen LogP contribution in [-0.4, -0.2) is 11.9 Å². The molecule has 3 fully saturated rings. The lowest BCUT2D eigenvalue weighted by Crippen LogP contribution is -2.40. The van der Waals surface area contributed by atoms with Gasteiger partial charge in [0.15, 0.2) is 0 Å². The van der Waals surface area contributed by atoms with E-state index >= 15 is 0 Å². The Kier molecular flexibility index (Phi) is 2.49. The summed E-state index contributed by atoms with van der Waals surface area (Å²) in [5.74, 6) is 3.98. The van der Waals surface area contributed by atoms with Gasteiger partial charge in [-0.1, -0.05) is 13.8 Å². The molecule has 0 radical (unpaired) electrons. The number of hydrogen-bond donors (Lipinski definition) is 1. The zero-order chi connectivity index (χ0) is 11.3. The summed E-state index contributed by atoms with van der Waals surface area (Å²) < 4.78 is 0. The highest BCUT2D eigenvalue weighted by Crippen LogP contribution is 2.54. The van der Waals surface area contributed by atoms with Crippen molar-refractivity contribution in [2.45, 2.75) is 52.0 Å². The molecule has 3 saturated carbocycles. The highest BCUT2D eigenvalue weighted by atomic mass is 16.2. The van der Waals surface area contributed by atoms with Gasteiger partial charge in [-0.2, -0.15) is 0 Å². The molecular weight excluding hydrogens is 198 g/mol. The summed E-state index contributed by atoms with van der Waals surface area (Å²) in [5.41, 5.74) is 0. The van der Waals surface area contributed by atoms with E-state index in [4.69, 9.17) is 0 Å². The van der Waals surface area contributed by atoms with E-state index in [0.29, 0.717) is 23.8 Å². The molecule has 0 aromatic heterocycles. The summed E-state index contributed by atoms with van der Waals surface area (Å²) in [6.45, 7) is 4.59. The van der Waals surface area contributed by atoms with Gasteiger partial charge in [-0.25, -0.2) is 0 Å².